The Bertz CT molecular complexity index is 1430. The van der Waals surface area contributed by atoms with Crippen LogP contribution in [0.1, 0.15) is 36.5 Å². The summed E-state index contributed by atoms with van der Waals surface area (Å²) < 4.78 is 24.0. The molecule has 0 radical (unpaired) electrons. The van der Waals surface area contributed by atoms with Gasteiger partial charge in [-0.05, 0) is 78.5 Å². The van der Waals surface area contributed by atoms with Crippen molar-refractivity contribution in [2.24, 2.45) is 0 Å². The Hall–Kier alpha value is -2.69. The van der Waals surface area contributed by atoms with E-state index in [1.165, 1.54) is 25.0 Å². The number of ketones is 1. The molecule has 1 heterocycles. The molecule has 0 aliphatic carbocycles. The van der Waals surface area contributed by atoms with Gasteiger partial charge in [0.05, 0.1) is 27.3 Å². The number of rotatable bonds is 9. The van der Waals surface area contributed by atoms with E-state index in [1.807, 2.05) is 18.2 Å². The third-order valence-electron chi connectivity index (χ3n) is 6.65. The normalized spacial score (nSPS) is 14.0. The van der Waals surface area contributed by atoms with Crippen molar-refractivity contribution in [1.29, 1.82) is 0 Å². The lowest BCUT2D eigenvalue weighted by Gasteiger charge is -2.17. The smallest absolute Gasteiger partial charge is 0.192 e. The summed E-state index contributed by atoms with van der Waals surface area (Å²) in [5, 5.41) is 0.847. The first-order chi connectivity index (χ1) is 17.7. The molecule has 1 fully saturated rings. The van der Waals surface area contributed by atoms with Crippen LogP contribution in [0.4, 0.5) is 5.69 Å². The highest BCUT2D eigenvalue weighted by Crippen LogP contribution is 2.38. The first kappa shape index (κ1) is 27.3. The average molecular weight is 556 g/mol. The maximum absolute atomic E-state index is 12.7. The molecule has 0 aromatic heterocycles. The predicted molar refractivity (Wildman–Crippen MR) is 149 cm³/mol. The molecule has 0 bridgehead atoms. The molecule has 0 amide bonds. The van der Waals surface area contributed by atoms with E-state index < -0.39 is 9.84 Å². The van der Waals surface area contributed by atoms with E-state index in [0.29, 0.717) is 26.9 Å². The quantitative estimate of drug-likeness (QED) is 0.268. The lowest BCUT2D eigenvalue weighted by molar-refractivity contribution is -0.117. The highest BCUT2D eigenvalue weighted by atomic mass is 35.5. The van der Waals surface area contributed by atoms with Gasteiger partial charge in [0.2, 0.25) is 0 Å². The van der Waals surface area contributed by atoms with Gasteiger partial charge in [-0.2, -0.15) is 0 Å². The van der Waals surface area contributed by atoms with Crippen molar-refractivity contribution < 1.29 is 13.2 Å². The number of benzene rings is 3. The van der Waals surface area contributed by atoms with Gasteiger partial charge in [0, 0.05) is 24.9 Å². The topological polar surface area (TPSA) is 58.8 Å². The number of nitrogens with zero attached hydrogens (tertiary/aromatic N) is 2. The Balaban J connectivity index is 1.48. The zero-order valence-corrected chi connectivity index (χ0v) is 23.0. The number of hydrogen-bond acceptors (Lipinski definition) is 4. The summed E-state index contributed by atoms with van der Waals surface area (Å²) in [5.74, 6) is -0.00221. The zero-order valence-electron chi connectivity index (χ0n) is 20.6. The van der Waals surface area contributed by atoms with Crippen LogP contribution in [0.25, 0.3) is 16.0 Å². The van der Waals surface area contributed by atoms with E-state index in [4.69, 9.17) is 29.8 Å². The summed E-state index contributed by atoms with van der Waals surface area (Å²) in [7, 11) is -3.27. The lowest BCUT2D eigenvalue weighted by atomic mass is 9.98. The van der Waals surface area contributed by atoms with E-state index in [-0.39, 0.29) is 29.3 Å². The molecule has 0 atom stereocenters. The third kappa shape index (κ3) is 6.61. The molecule has 8 heteroatoms. The highest BCUT2D eigenvalue weighted by Gasteiger charge is 2.18. The Morgan fingerprint density at radius 1 is 0.946 bits per heavy atom. The van der Waals surface area contributed by atoms with Crippen LogP contribution in [0.15, 0.2) is 59.5 Å². The van der Waals surface area contributed by atoms with Crippen LogP contribution in [-0.2, 0) is 34.0 Å². The van der Waals surface area contributed by atoms with Crippen molar-refractivity contribution >= 4 is 44.5 Å². The second-order valence-electron chi connectivity index (χ2n) is 9.31. The lowest BCUT2D eigenvalue weighted by Crippen LogP contribution is -2.18. The molecule has 0 saturated carbocycles. The SMILES string of the molecule is [C-]#[N+]c1cc(-c2c(Cl)cc(CC(=O)Cc3ccc(S(=O)(=O)CC)cc3)cc2Cl)ccc1CN1CCCC1. The fourth-order valence-electron chi connectivity index (χ4n) is 4.64. The monoisotopic (exact) mass is 554 g/mol. The molecular formula is C29H28Cl2N2O3S. The van der Waals surface area contributed by atoms with Crippen LogP contribution in [-0.4, -0.2) is 37.9 Å². The Labute approximate surface area is 228 Å². The van der Waals surface area contributed by atoms with Crippen molar-refractivity contribution in [3.05, 3.63) is 92.8 Å². The second kappa shape index (κ2) is 11.8. The highest BCUT2D eigenvalue weighted by molar-refractivity contribution is 7.91. The first-order valence-corrected chi connectivity index (χ1v) is 14.7. The van der Waals surface area contributed by atoms with E-state index in [0.717, 1.165) is 36.3 Å². The molecule has 4 rings (SSSR count). The Kier molecular flexibility index (Phi) is 8.71. The van der Waals surface area contributed by atoms with Crippen molar-refractivity contribution in [3.8, 4) is 11.1 Å². The van der Waals surface area contributed by atoms with E-state index in [9.17, 15) is 13.2 Å². The predicted octanol–water partition coefficient (Wildman–Crippen LogP) is 6.95. The summed E-state index contributed by atoms with van der Waals surface area (Å²) in [4.78, 5) is 19.1. The van der Waals surface area contributed by atoms with Crippen LogP contribution in [0.2, 0.25) is 10.0 Å². The van der Waals surface area contributed by atoms with E-state index >= 15 is 0 Å². The molecule has 5 nitrogen and oxygen atoms in total. The Morgan fingerprint density at radius 2 is 1.57 bits per heavy atom. The van der Waals surface area contributed by atoms with Gasteiger partial charge in [0.25, 0.3) is 0 Å². The van der Waals surface area contributed by atoms with Crippen LogP contribution < -0.4 is 0 Å². The van der Waals surface area contributed by atoms with Crippen molar-refractivity contribution in [2.75, 3.05) is 18.8 Å². The maximum Gasteiger partial charge on any atom is 0.192 e. The van der Waals surface area contributed by atoms with Crippen LogP contribution >= 0.6 is 23.2 Å². The van der Waals surface area contributed by atoms with Crippen LogP contribution in [0.3, 0.4) is 0 Å². The number of Topliss-reactive ketones (excluding diaryl/α,β-unsaturated/α-hetero) is 1. The standard InChI is InChI=1S/C29H28Cl2N2O3S/c1-3-37(35,36)25-10-6-20(7-11-25)14-24(34)15-21-16-26(30)29(27(31)17-21)22-8-9-23(28(18-22)32-2)19-33-12-4-5-13-33/h6-11,16-18H,3-5,12-15,19H2,1H3. The first-order valence-electron chi connectivity index (χ1n) is 12.2. The van der Waals surface area contributed by atoms with Gasteiger partial charge in [-0.25, -0.2) is 13.3 Å². The van der Waals surface area contributed by atoms with Gasteiger partial charge in [-0.15, -0.1) is 0 Å². The molecule has 0 N–H and O–H groups in total. The number of carbonyl (C=O) groups excluding carboxylic acids is 1. The molecule has 3 aromatic carbocycles. The molecular weight excluding hydrogens is 527 g/mol. The molecule has 0 spiro atoms. The van der Waals surface area contributed by atoms with Crippen molar-refractivity contribution in [1.82, 2.24) is 4.90 Å². The second-order valence-corrected chi connectivity index (χ2v) is 12.4. The molecule has 192 valence electrons. The van der Waals surface area contributed by atoms with Gasteiger partial charge in [0.1, 0.15) is 5.78 Å². The number of sulfone groups is 1. The van der Waals surface area contributed by atoms with Gasteiger partial charge >= 0.3 is 0 Å². The van der Waals surface area contributed by atoms with Crippen molar-refractivity contribution in [3.63, 3.8) is 0 Å². The van der Waals surface area contributed by atoms with Gasteiger partial charge in [0.15, 0.2) is 15.5 Å². The number of halogens is 2. The fourth-order valence-corrected chi connectivity index (χ4v) is 6.28. The summed E-state index contributed by atoms with van der Waals surface area (Å²) in [6.07, 6.45) is 2.72. The third-order valence-corrected chi connectivity index (χ3v) is 9.00. The molecule has 0 unspecified atom stereocenters. The maximum atomic E-state index is 12.7. The number of likely N-dealkylation sites (tertiary alicyclic amines) is 1. The molecule has 37 heavy (non-hydrogen) atoms. The summed E-state index contributed by atoms with van der Waals surface area (Å²) in [6.45, 7) is 12.1. The van der Waals surface area contributed by atoms with Crippen LogP contribution in [0.5, 0.6) is 0 Å². The largest absolute Gasteiger partial charge is 0.300 e. The van der Waals surface area contributed by atoms with Gasteiger partial charge < -0.3 is 4.90 Å². The summed E-state index contributed by atoms with van der Waals surface area (Å²) in [6, 6.07) is 15.7. The fraction of sp³-hybridized carbons (Fsp3) is 0.310. The average Bonchev–Trinajstić information content (AvgIpc) is 3.38. The molecule has 1 aliphatic rings. The van der Waals surface area contributed by atoms with E-state index in [1.54, 1.807) is 31.2 Å². The van der Waals surface area contributed by atoms with Gasteiger partial charge in [-0.3, -0.25) is 4.79 Å². The Morgan fingerprint density at radius 3 is 2.16 bits per heavy atom. The number of carbonyl (C=O) groups is 1. The van der Waals surface area contributed by atoms with Crippen molar-refractivity contribution in [2.45, 2.75) is 44.0 Å². The number of hydrogen-bond donors (Lipinski definition) is 0. The zero-order chi connectivity index (χ0) is 26.6. The van der Waals surface area contributed by atoms with Gasteiger partial charge in [-0.1, -0.05) is 54.4 Å². The summed E-state index contributed by atoms with van der Waals surface area (Å²) in [5.41, 5.74) is 4.44. The molecule has 1 saturated heterocycles. The summed E-state index contributed by atoms with van der Waals surface area (Å²) >= 11 is 13.2. The van der Waals surface area contributed by atoms with E-state index in [2.05, 4.69) is 9.74 Å². The minimum Gasteiger partial charge on any atom is -0.300 e. The van der Waals surface area contributed by atoms with Crippen LogP contribution in [0, 0.1) is 6.57 Å². The minimum atomic E-state index is -3.27. The molecule has 1 aliphatic heterocycles. The minimum absolute atomic E-state index is 0.0325. The molecule has 3 aromatic rings.